The van der Waals surface area contributed by atoms with Crippen molar-refractivity contribution in [2.45, 2.75) is 0 Å². The van der Waals surface area contributed by atoms with Gasteiger partial charge in [0.15, 0.2) is 16.5 Å². The van der Waals surface area contributed by atoms with Gasteiger partial charge in [0, 0.05) is 0 Å². The van der Waals surface area contributed by atoms with E-state index in [2.05, 4.69) is 10.3 Å². The van der Waals surface area contributed by atoms with E-state index in [-0.39, 0.29) is 12.7 Å². The minimum Gasteiger partial charge on any atom is -0.454 e. The fraction of sp³-hybridized carbons (Fsp3) is 0.0769. The number of rotatable bonds is 3. The second-order valence-electron chi connectivity index (χ2n) is 3.81. The maximum absolute atomic E-state index is 11.9. The summed E-state index contributed by atoms with van der Waals surface area (Å²) in [6, 6.07) is 8.94. The van der Waals surface area contributed by atoms with Crippen molar-refractivity contribution in [2.24, 2.45) is 0 Å². The molecule has 3 rings (SSSR count). The molecule has 0 fully saturated rings. The smallest absolute Gasteiger partial charge is 0.338 e. The van der Waals surface area contributed by atoms with Crippen LogP contribution in [-0.2, 0) is 0 Å². The summed E-state index contributed by atoms with van der Waals surface area (Å²) in [4.78, 5) is 14.9. The van der Waals surface area contributed by atoms with Gasteiger partial charge in [-0.25, -0.2) is 15.1 Å². The molecule has 0 bridgehead atoms. The zero-order chi connectivity index (χ0) is 13.1. The maximum Gasteiger partial charge on any atom is 0.338 e. The summed E-state index contributed by atoms with van der Waals surface area (Å²) in [6.07, 6.45) is 1.51. The number of thiophene rings is 1. The average Bonchev–Trinajstić information content (AvgIpc) is 3.08. The highest BCUT2D eigenvalue weighted by atomic mass is 32.1. The summed E-state index contributed by atoms with van der Waals surface area (Å²) in [5, 5.41) is 5.58. The predicted octanol–water partition coefficient (Wildman–Crippen LogP) is 0.647. The van der Waals surface area contributed by atoms with E-state index in [4.69, 9.17) is 9.47 Å². The van der Waals surface area contributed by atoms with Gasteiger partial charge in [0.2, 0.25) is 13.1 Å². The molecule has 0 saturated heterocycles. The predicted molar refractivity (Wildman–Crippen MR) is 71.0 cm³/mol. The Morgan fingerprint density at radius 1 is 1.32 bits per heavy atom. The molecule has 0 saturated carbocycles. The van der Waals surface area contributed by atoms with Crippen molar-refractivity contribution >= 4 is 28.6 Å². The highest BCUT2D eigenvalue weighted by Gasteiger charge is 2.17. The van der Waals surface area contributed by atoms with Gasteiger partial charge >= 0.3 is 5.91 Å². The van der Waals surface area contributed by atoms with E-state index < -0.39 is 0 Å². The quantitative estimate of drug-likeness (QED) is 0.638. The minimum atomic E-state index is -0.206. The second-order valence-corrected chi connectivity index (χ2v) is 4.76. The fourth-order valence-corrected chi connectivity index (χ4v) is 2.24. The van der Waals surface area contributed by atoms with Crippen LogP contribution in [0.25, 0.3) is 0 Å². The zero-order valence-corrected chi connectivity index (χ0v) is 10.7. The summed E-state index contributed by atoms with van der Waals surface area (Å²) in [6.45, 7) is 0.201. The van der Waals surface area contributed by atoms with Crippen molar-refractivity contribution in [3.63, 3.8) is 0 Å². The molecule has 19 heavy (non-hydrogen) atoms. The Bertz CT molecular complexity index is 623. The first kappa shape index (κ1) is 11.7. The maximum atomic E-state index is 11.9. The molecule has 6 heteroatoms. The normalized spacial score (nSPS) is 12.8. The monoisotopic (exact) mass is 275 g/mol. The Hall–Kier alpha value is -2.34. The van der Waals surface area contributed by atoms with E-state index in [0.717, 1.165) is 5.00 Å². The molecular weight excluding hydrogens is 264 g/mol. The van der Waals surface area contributed by atoms with Gasteiger partial charge in [-0.05, 0) is 35.7 Å². The molecule has 5 nitrogen and oxygen atoms in total. The lowest BCUT2D eigenvalue weighted by atomic mass is 10.2. The number of hydrogen-bond acceptors (Lipinski definition) is 4. The van der Waals surface area contributed by atoms with Gasteiger partial charge in [0.25, 0.3) is 0 Å². The Kier molecular flexibility index (Phi) is 3.16. The molecular formula is C13H11N2O3S+. The topological polar surface area (TPSA) is 61.5 Å². The first-order chi connectivity index (χ1) is 9.33. The van der Waals surface area contributed by atoms with Crippen molar-refractivity contribution in [2.75, 3.05) is 6.79 Å². The van der Waals surface area contributed by atoms with E-state index in [9.17, 15) is 4.79 Å². The summed E-state index contributed by atoms with van der Waals surface area (Å²) in [5.74, 6) is 1.05. The number of carbonyl (C=O) groups excluding carboxylic acids is 1. The van der Waals surface area contributed by atoms with E-state index in [1.807, 2.05) is 17.5 Å². The number of ether oxygens (including phenoxy) is 2. The minimum absolute atomic E-state index is 0.201. The van der Waals surface area contributed by atoms with Crippen LogP contribution in [0.5, 0.6) is 11.5 Å². The third-order valence-corrected chi connectivity index (χ3v) is 3.37. The summed E-state index contributed by atoms with van der Waals surface area (Å²) >= 11 is 1.56. The Labute approximate surface area is 113 Å². The number of carbonyl (C=O) groups is 1. The highest BCUT2D eigenvalue weighted by molar-refractivity contribution is 7.13. The molecule has 1 aromatic heterocycles. The lowest BCUT2D eigenvalue weighted by Crippen LogP contribution is -2.64. The van der Waals surface area contributed by atoms with Crippen LogP contribution in [0.4, 0.5) is 5.00 Å². The first-order valence-corrected chi connectivity index (χ1v) is 6.53. The van der Waals surface area contributed by atoms with Crippen LogP contribution in [0, 0.1) is 0 Å². The summed E-state index contributed by atoms with van der Waals surface area (Å²) in [5.41, 5.74) is 0.522. The second kappa shape index (κ2) is 5.11. The highest BCUT2D eigenvalue weighted by Crippen LogP contribution is 2.32. The molecule has 0 aliphatic carbocycles. The summed E-state index contributed by atoms with van der Waals surface area (Å²) in [7, 11) is 0. The molecule has 2 N–H and O–H groups in total. The molecule has 1 aliphatic heterocycles. The van der Waals surface area contributed by atoms with E-state index in [1.54, 1.807) is 29.5 Å². The Morgan fingerprint density at radius 3 is 3.05 bits per heavy atom. The number of fused-ring (bicyclic) bond motifs is 1. The third kappa shape index (κ3) is 2.58. The number of amides is 1. The molecule has 2 heterocycles. The van der Waals surface area contributed by atoms with Crippen LogP contribution in [0.2, 0.25) is 0 Å². The molecule has 96 valence electrons. The fourth-order valence-electron chi connectivity index (χ4n) is 1.65. The van der Waals surface area contributed by atoms with Gasteiger partial charge in [-0.15, -0.1) is 11.3 Å². The van der Waals surface area contributed by atoms with Gasteiger partial charge in [-0.2, -0.15) is 0 Å². The number of nitrogens with one attached hydrogen (secondary N) is 2. The Balaban J connectivity index is 1.67. The number of hydrogen-bond donors (Lipinski definition) is 2. The largest absolute Gasteiger partial charge is 0.454 e. The standard InChI is InChI=1S/C13H10N2O3S/c16-13(15-7-14-12-2-1-5-19-12)9-3-4-10-11(6-9)18-8-17-10/h1-7H,8H2,(H,14,15,16)/p+1. The van der Waals surface area contributed by atoms with Crippen LogP contribution in [0.3, 0.4) is 0 Å². The van der Waals surface area contributed by atoms with Gasteiger partial charge in [-0.3, -0.25) is 0 Å². The molecule has 0 atom stereocenters. The van der Waals surface area contributed by atoms with Gasteiger partial charge < -0.3 is 9.47 Å². The van der Waals surface area contributed by atoms with Crippen LogP contribution < -0.4 is 19.8 Å². The van der Waals surface area contributed by atoms with Crippen LogP contribution >= 0.6 is 11.3 Å². The third-order valence-electron chi connectivity index (χ3n) is 2.57. The van der Waals surface area contributed by atoms with Crippen molar-refractivity contribution in [1.29, 1.82) is 0 Å². The molecule has 1 aliphatic rings. The summed E-state index contributed by atoms with van der Waals surface area (Å²) < 4.78 is 10.4. The van der Waals surface area contributed by atoms with Crippen molar-refractivity contribution < 1.29 is 19.3 Å². The van der Waals surface area contributed by atoms with Crippen LogP contribution in [0.15, 0.2) is 35.7 Å². The molecule has 0 radical (unpaired) electrons. The molecule has 1 aromatic carbocycles. The van der Waals surface area contributed by atoms with E-state index >= 15 is 0 Å². The van der Waals surface area contributed by atoms with E-state index in [1.165, 1.54) is 6.34 Å². The lowest BCUT2D eigenvalue weighted by molar-refractivity contribution is -0.344. The van der Waals surface area contributed by atoms with Crippen molar-refractivity contribution in [3.05, 3.63) is 41.3 Å². The lowest BCUT2D eigenvalue weighted by Gasteiger charge is -1.98. The molecule has 0 unspecified atom stereocenters. The molecule has 2 aromatic rings. The van der Waals surface area contributed by atoms with Crippen molar-refractivity contribution in [1.82, 2.24) is 5.32 Å². The molecule has 1 amide bonds. The van der Waals surface area contributed by atoms with Gasteiger partial charge in [-0.1, -0.05) is 0 Å². The van der Waals surface area contributed by atoms with Crippen molar-refractivity contribution in [3.8, 4) is 11.5 Å². The van der Waals surface area contributed by atoms with E-state index in [0.29, 0.717) is 17.1 Å². The molecule has 0 spiro atoms. The van der Waals surface area contributed by atoms with Gasteiger partial charge in [0.1, 0.15) is 0 Å². The van der Waals surface area contributed by atoms with Crippen LogP contribution in [-0.4, -0.2) is 19.0 Å². The zero-order valence-electron chi connectivity index (χ0n) is 9.88. The van der Waals surface area contributed by atoms with Gasteiger partial charge in [0.05, 0.1) is 5.56 Å². The Morgan fingerprint density at radius 2 is 2.21 bits per heavy atom. The first-order valence-electron chi connectivity index (χ1n) is 5.65. The number of benzene rings is 1. The van der Waals surface area contributed by atoms with Crippen LogP contribution in [0.1, 0.15) is 10.4 Å². The average molecular weight is 275 g/mol. The SMILES string of the molecule is O=C(NC=[NH+]c1cccs1)c1ccc2c(c1)OCO2.